The molecule has 1 fully saturated rings. The lowest BCUT2D eigenvalue weighted by Gasteiger charge is -2.32. The molecule has 0 radical (unpaired) electrons. The van der Waals surface area contributed by atoms with E-state index in [0.717, 1.165) is 12.3 Å². The van der Waals surface area contributed by atoms with E-state index in [-0.39, 0.29) is 23.2 Å². The second-order valence-corrected chi connectivity index (χ2v) is 7.32. The van der Waals surface area contributed by atoms with Gasteiger partial charge in [-0.2, -0.15) is 0 Å². The van der Waals surface area contributed by atoms with Crippen molar-refractivity contribution in [2.24, 2.45) is 0 Å². The molecule has 0 saturated carbocycles. The maximum atomic E-state index is 13.7. The molecular formula is C13H16ClFN2O3S. The van der Waals surface area contributed by atoms with Crippen LogP contribution < -0.4 is 4.72 Å². The predicted molar refractivity (Wildman–Crippen MR) is 78.3 cm³/mol. The summed E-state index contributed by atoms with van der Waals surface area (Å²) in [6.07, 6.45) is 2.38. The van der Waals surface area contributed by atoms with E-state index in [1.54, 1.807) is 0 Å². The lowest BCUT2D eigenvalue weighted by atomic mass is 10.1. The molecule has 1 saturated heterocycles. The third-order valence-electron chi connectivity index (χ3n) is 3.25. The molecular weight excluding hydrogens is 319 g/mol. The van der Waals surface area contributed by atoms with Crippen molar-refractivity contribution in [2.75, 3.05) is 19.3 Å². The van der Waals surface area contributed by atoms with Gasteiger partial charge in [-0.15, -0.1) is 0 Å². The second kappa shape index (κ2) is 6.29. The molecule has 1 aliphatic rings. The number of nitrogens with one attached hydrogen (secondary N) is 1. The van der Waals surface area contributed by atoms with Crippen molar-refractivity contribution in [2.45, 2.75) is 18.9 Å². The van der Waals surface area contributed by atoms with Crippen LogP contribution in [0.3, 0.4) is 0 Å². The van der Waals surface area contributed by atoms with E-state index in [1.165, 1.54) is 17.0 Å². The largest absolute Gasteiger partial charge is 0.337 e. The van der Waals surface area contributed by atoms with Gasteiger partial charge in [0, 0.05) is 24.2 Å². The molecule has 5 nitrogen and oxygen atoms in total. The minimum atomic E-state index is -3.34. The topological polar surface area (TPSA) is 66.5 Å². The number of hydrogen-bond donors (Lipinski definition) is 1. The van der Waals surface area contributed by atoms with E-state index >= 15 is 0 Å². The molecule has 1 N–H and O–H groups in total. The second-order valence-electron chi connectivity index (χ2n) is 5.10. The van der Waals surface area contributed by atoms with Crippen LogP contribution in [0.4, 0.5) is 4.39 Å². The van der Waals surface area contributed by atoms with Crippen molar-refractivity contribution in [3.63, 3.8) is 0 Å². The first-order chi connectivity index (χ1) is 9.76. The van der Waals surface area contributed by atoms with Crippen LogP contribution in [0.5, 0.6) is 0 Å². The molecule has 2 rings (SSSR count). The zero-order valence-corrected chi connectivity index (χ0v) is 13.0. The molecule has 1 amide bonds. The zero-order chi connectivity index (χ0) is 15.6. The lowest BCUT2D eigenvalue weighted by Crippen LogP contribution is -2.49. The van der Waals surface area contributed by atoms with Gasteiger partial charge in [-0.25, -0.2) is 17.5 Å². The first-order valence-electron chi connectivity index (χ1n) is 6.48. The van der Waals surface area contributed by atoms with Crippen LogP contribution >= 0.6 is 11.6 Å². The van der Waals surface area contributed by atoms with Crippen LogP contribution in [0.1, 0.15) is 23.2 Å². The van der Waals surface area contributed by atoms with Gasteiger partial charge in [0.2, 0.25) is 10.0 Å². The molecule has 0 bridgehead atoms. The van der Waals surface area contributed by atoms with Crippen LogP contribution in [0.25, 0.3) is 0 Å². The summed E-state index contributed by atoms with van der Waals surface area (Å²) in [4.78, 5) is 13.8. The smallest absolute Gasteiger partial charge is 0.256 e. The SMILES string of the molecule is CS(=O)(=O)N[C@H]1CCCN(C(=O)c2cc(Cl)ccc2F)C1. The zero-order valence-electron chi connectivity index (χ0n) is 11.5. The maximum Gasteiger partial charge on any atom is 0.256 e. The fourth-order valence-corrected chi connectivity index (χ4v) is 3.36. The van der Waals surface area contributed by atoms with Crippen LogP contribution in [-0.2, 0) is 10.0 Å². The Morgan fingerprint density at radius 3 is 2.86 bits per heavy atom. The number of benzene rings is 1. The number of carbonyl (C=O) groups is 1. The van der Waals surface area contributed by atoms with Crippen molar-refractivity contribution < 1.29 is 17.6 Å². The van der Waals surface area contributed by atoms with Gasteiger partial charge in [-0.3, -0.25) is 4.79 Å². The Morgan fingerprint density at radius 2 is 2.19 bits per heavy atom. The molecule has 1 heterocycles. The number of amides is 1. The summed E-state index contributed by atoms with van der Waals surface area (Å²) in [6, 6.07) is 3.45. The van der Waals surface area contributed by atoms with E-state index in [2.05, 4.69) is 4.72 Å². The van der Waals surface area contributed by atoms with Crippen molar-refractivity contribution in [1.82, 2.24) is 9.62 Å². The summed E-state index contributed by atoms with van der Waals surface area (Å²) in [7, 11) is -3.34. The highest BCUT2D eigenvalue weighted by Crippen LogP contribution is 2.19. The Kier molecular flexibility index (Phi) is 4.85. The van der Waals surface area contributed by atoms with Crippen molar-refractivity contribution in [1.29, 1.82) is 0 Å². The van der Waals surface area contributed by atoms with Gasteiger partial charge in [0.1, 0.15) is 5.82 Å². The summed E-state index contributed by atoms with van der Waals surface area (Å²) >= 11 is 5.79. The summed E-state index contributed by atoms with van der Waals surface area (Å²) in [5.41, 5.74) is -0.0949. The molecule has 1 aliphatic heterocycles. The lowest BCUT2D eigenvalue weighted by molar-refractivity contribution is 0.0698. The Morgan fingerprint density at radius 1 is 1.48 bits per heavy atom. The number of carbonyl (C=O) groups excluding carboxylic acids is 1. The maximum absolute atomic E-state index is 13.7. The highest BCUT2D eigenvalue weighted by molar-refractivity contribution is 7.88. The number of piperidine rings is 1. The van der Waals surface area contributed by atoms with E-state index < -0.39 is 21.7 Å². The molecule has 0 aliphatic carbocycles. The minimum Gasteiger partial charge on any atom is -0.337 e. The van der Waals surface area contributed by atoms with E-state index in [1.807, 2.05) is 0 Å². The van der Waals surface area contributed by atoms with Gasteiger partial charge in [-0.05, 0) is 31.0 Å². The van der Waals surface area contributed by atoms with Crippen LogP contribution in [-0.4, -0.2) is 44.6 Å². The highest BCUT2D eigenvalue weighted by Gasteiger charge is 2.27. The number of hydrogen-bond acceptors (Lipinski definition) is 3. The van der Waals surface area contributed by atoms with Gasteiger partial charge in [0.25, 0.3) is 5.91 Å². The number of halogens is 2. The Balaban J connectivity index is 2.14. The van der Waals surface area contributed by atoms with Crippen molar-refractivity contribution in [3.05, 3.63) is 34.6 Å². The average molecular weight is 335 g/mol. The van der Waals surface area contributed by atoms with Crippen LogP contribution in [0.15, 0.2) is 18.2 Å². The van der Waals surface area contributed by atoms with E-state index in [4.69, 9.17) is 11.6 Å². The molecule has 8 heteroatoms. The van der Waals surface area contributed by atoms with Crippen LogP contribution in [0, 0.1) is 5.82 Å². The number of rotatable bonds is 3. The third kappa shape index (κ3) is 4.39. The van der Waals surface area contributed by atoms with E-state index in [9.17, 15) is 17.6 Å². The Bertz CT molecular complexity index is 651. The van der Waals surface area contributed by atoms with E-state index in [0.29, 0.717) is 19.4 Å². The molecule has 116 valence electrons. The standard InChI is InChI=1S/C13H16ClFN2O3S/c1-21(19,20)16-10-3-2-6-17(8-10)13(18)11-7-9(14)4-5-12(11)15/h4-5,7,10,16H,2-3,6,8H2,1H3/t10-/m0/s1. The average Bonchev–Trinajstić information content (AvgIpc) is 2.39. The molecule has 1 atom stereocenters. The van der Waals surface area contributed by atoms with Gasteiger partial charge in [-0.1, -0.05) is 11.6 Å². The monoisotopic (exact) mass is 334 g/mol. The quantitative estimate of drug-likeness (QED) is 0.913. The first-order valence-corrected chi connectivity index (χ1v) is 8.75. The van der Waals surface area contributed by atoms with Gasteiger partial charge >= 0.3 is 0 Å². The minimum absolute atomic E-state index is 0.0949. The summed E-state index contributed by atoms with van der Waals surface area (Å²) < 4.78 is 38.7. The third-order valence-corrected chi connectivity index (χ3v) is 4.24. The summed E-state index contributed by atoms with van der Waals surface area (Å²) in [5.74, 6) is -1.11. The van der Waals surface area contributed by atoms with Gasteiger partial charge in [0.15, 0.2) is 0 Å². The van der Waals surface area contributed by atoms with Crippen molar-refractivity contribution >= 4 is 27.5 Å². The first kappa shape index (κ1) is 16.2. The van der Waals surface area contributed by atoms with Gasteiger partial charge in [0.05, 0.1) is 11.8 Å². The summed E-state index contributed by atoms with van der Waals surface area (Å²) in [6.45, 7) is 0.685. The van der Waals surface area contributed by atoms with Crippen molar-refractivity contribution in [3.8, 4) is 0 Å². The molecule has 0 aromatic heterocycles. The predicted octanol–water partition coefficient (Wildman–Crippen LogP) is 1.63. The van der Waals surface area contributed by atoms with Crippen LogP contribution in [0.2, 0.25) is 5.02 Å². The number of sulfonamides is 1. The normalized spacial score (nSPS) is 19.6. The Hall–Kier alpha value is -1.18. The molecule has 1 aromatic rings. The molecule has 21 heavy (non-hydrogen) atoms. The number of nitrogens with zero attached hydrogens (tertiary/aromatic N) is 1. The Labute approximate surface area is 128 Å². The summed E-state index contributed by atoms with van der Waals surface area (Å²) in [5, 5.41) is 0.280. The fourth-order valence-electron chi connectivity index (χ4n) is 2.39. The fraction of sp³-hybridized carbons (Fsp3) is 0.462. The highest BCUT2D eigenvalue weighted by atomic mass is 35.5. The molecule has 0 unspecified atom stereocenters. The molecule has 1 aromatic carbocycles. The van der Waals surface area contributed by atoms with Gasteiger partial charge < -0.3 is 4.90 Å². The molecule has 0 spiro atoms. The number of likely N-dealkylation sites (tertiary alicyclic amines) is 1.